The molecule has 0 aromatic rings. The average Bonchev–Trinajstić information content (AvgIpc) is 2.31. The summed E-state index contributed by atoms with van der Waals surface area (Å²) < 4.78 is 0. The zero-order valence-electron chi connectivity index (χ0n) is 10.5. The number of nitrogens with two attached hydrogens (primary N) is 1. The molecule has 2 unspecified atom stereocenters. The summed E-state index contributed by atoms with van der Waals surface area (Å²) in [5.74, 6) is 0.186. The number of carbonyl (C=O) groups is 1. The molecule has 0 heterocycles. The van der Waals surface area contributed by atoms with E-state index in [1.165, 1.54) is 0 Å². The molecule has 4 N–H and O–H groups in total. The first-order valence-corrected chi connectivity index (χ1v) is 6.27. The third-order valence-electron chi connectivity index (χ3n) is 2.94. The first kappa shape index (κ1) is 15.4. The number of aliphatic hydroxyl groups excluding tert-OH is 1. The summed E-state index contributed by atoms with van der Waals surface area (Å²) in [6.45, 7) is 4.97. The van der Waals surface area contributed by atoms with E-state index in [1.54, 1.807) is 0 Å². The molecule has 0 aliphatic heterocycles. The maximum absolute atomic E-state index is 11.6. The lowest BCUT2D eigenvalue weighted by Crippen LogP contribution is -2.44. The summed E-state index contributed by atoms with van der Waals surface area (Å²) in [6, 6.07) is -0.387. The normalized spacial score (nSPS) is 14.5. The molecule has 0 fully saturated rings. The maximum atomic E-state index is 11.6. The van der Waals surface area contributed by atoms with Gasteiger partial charge in [0.15, 0.2) is 0 Å². The van der Waals surface area contributed by atoms with Gasteiger partial charge in [-0.3, -0.25) is 4.79 Å². The van der Waals surface area contributed by atoms with Crippen LogP contribution in [0.3, 0.4) is 0 Å². The van der Waals surface area contributed by atoms with Gasteiger partial charge in [-0.05, 0) is 18.8 Å². The van der Waals surface area contributed by atoms with E-state index < -0.39 is 0 Å². The molecule has 1 amide bonds. The fourth-order valence-electron chi connectivity index (χ4n) is 1.43. The number of rotatable bonds is 9. The van der Waals surface area contributed by atoms with Crippen LogP contribution in [-0.2, 0) is 4.79 Å². The molecule has 0 aromatic carbocycles. The number of amides is 1. The van der Waals surface area contributed by atoms with Crippen LogP contribution >= 0.6 is 0 Å². The van der Waals surface area contributed by atoms with Crippen molar-refractivity contribution >= 4 is 5.91 Å². The Kier molecular flexibility index (Phi) is 9.24. The summed E-state index contributed by atoms with van der Waals surface area (Å²) in [5, 5.41) is 11.4. The molecule has 0 saturated carbocycles. The first-order chi connectivity index (χ1) is 7.63. The lowest BCUT2D eigenvalue weighted by Gasteiger charge is -2.17. The van der Waals surface area contributed by atoms with Gasteiger partial charge in [-0.1, -0.05) is 33.1 Å². The van der Waals surface area contributed by atoms with Gasteiger partial charge in [-0.2, -0.15) is 0 Å². The van der Waals surface area contributed by atoms with Crippen LogP contribution in [0.25, 0.3) is 0 Å². The summed E-state index contributed by atoms with van der Waals surface area (Å²) in [5.41, 5.74) is 5.79. The SMILES string of the molecule is CCC(C)C(N)C(=O)NCCCCCCO. The highest BCUT2D eigenvalue weighted by Crippen LogP contribution is 2.05. The van der Waals surface area contributed by atoms with Crippen LogP contribution in [0, 0.1) is 5.92 Å². The largest absolute Gasteiger partial charge is 0.396 e. The average molecular weight is 230 g/mol. The number of aliphatic hydroxyl groups is 1. The van der Waals surface area contributed by atoms with Gasteiger partial charge in [-0.15, -0.1) is 0 Å². The second kappa shape index (κ2) is 9.60. The van der Waals surface area contributed by atoms with Crippen LogP contribution in [0.5, 0.6) is 0 Å². The van der Waals surface area contributed by atoms with Crippen molar-refractivity contribution in [3.05, 3.63) is 0 Å². The number of hydrogen-bond donors (Lipinski definition) is 3. The standard InChI is InChI=1S/C12H26N2O2/c1-3-10(2)11(13)12(16)14-8-6-4-5-7-9-15/h10-11,15H,3-9,13H2,1-2H3,(H,14,16). The zero-order chi connectivity index (χ0) is 12.4. The number of carbonyl (C=O) groups excluding carboxylic acids is 1. The van der Waals surface area contributed by atoms with Gasteiger partial charge >= 0.3 is 0 Å². The second-order valence-corrected chi connectivity index (χ2v) is 4.34. The Morgan fingerprint density at radius 3 is 2.50 bits per heavy atom. The van der Waals surface area contributed by atoms with Gasteiger partial charge in [-0.25, -0.2) is 0 Å². The van der Waals surface area contributed by atoms with Gasteiger partial charge in [0.2, 0.25) is 5.91 Å². The minimum Gasteiger partial charge on any atom is -0.396 e. The van der Waals surface area contributed by atoms with E-state index in [0.717, 1.165) is 32.1 Å². The van der Waals surface area contributed by atoms with Crippen LogP contribution in [0.1, 0.15) is 46.0 Å². The predicted octanol–water partition coefficient (Wildman–Crippen LogP) is 1.03. The van der Waals surface area contributed by atoms with Crippen molar-refractivity contribution in [2.45, 2.75) is 52.0 Å². The topological polar surface area (TPSA) is 75.4 Å². The molecule has 2 atom stereocenters. The quantitative estimate of drug-likeness (QED) is 0.518. The van der Waals surface area contributed by atoms with Crippen LogP contribution in [0.4, 0.5) is 0 Å². The smallest absolute Gasteiger partial charge is 0.237 e. The van der Waals surface area contributed by atoms with Crippen LogP contribution in [0.2, 0.25) is 0 Å². The van der Waals surface area contributed by atoms with Crippen LogP contribution in [0.15, 0.2) is 0 Å². The molecular formula is C12H26N2O2. The van der Waals surface area contributed by atoms with E-state index in [0.29, 0.717) is 6.54 Å². The Morgan fingerprint density at radius 1 is 1.31 bits per heavy atom. The lowest BCUT2D eigenvalue weighted by molar-refractivity contribution is -0.123. The summed E-state index contributed by atoms with van der Waals surface area (Å²) in [6.07, 6.45) is 4.79. The summed E-state index contributed by atoms with van der Waals surface area (Å²) in [7, 11) is 0. The molecule has 4 heteroatoms. The van der Waals surface area contributed by atoms with Crippen molar-refractivity contribution in [3.8, 4) is 0 Å². The number of hydrogen-bond acceptors (Lipinski definition) is 3. The highest BCUT2D eigenvalue weighted by molar-refractivity contribution is 5.81. The van der Waals surface area contributed by atoms with Crippen molar-refractivity contribution < 1.29 is 9.90 Å². The van der Waals surface area contributed by atoms with Gasteiger partial charge in [0.05, 0.1) is 6.04 Å². The molecule has 96 valence electrons. The molecule has 0 aliphatic rings. The zero-order valence-corrected chi connectivity index (χ0v) is 10.5. The minimum absolute atomic E-state index is 0.0449. The number of unbranched alkanes of at least 4 members (excludes halogenated alkanes) is 3. The Morgan fingerprint density at radius 2 is 1.94 bits per heavy atom. The molecule has 0 aromatic heterocycles. The molecule has 16 heavy (non-hydrogen) atoms. The Hall–Kier alpha value is -0.610. The highest BCUT2D eigenvalue weighted by Gasteiger charge is 2.18. The van der Waals surface area contributed by atoms with Gasteiger partial charge in [0.25, 0.3) is 0 Å². The first-order valence-electron chi connectivity index (χ1n) is 6.27. The Labute approximate surface area is 98.6 Å². The van der Waals surface area contributed by atoms with Gasteiger partial charge in [0.1, 0.15) is 0 Å². The molecular weight excluding hydrogens is 204 g/mol. The lowest BCUT2D eigenvalue weighted by atomic mass is 9.99. The van der Waals surface area contributed by atoms with E-state index in [2.05, 4.69) is 5.32 Å². The maximum Gasteiger partial charge on any atom is 0.237 e. The van der Waals surface area contributed by atoms with E-state index in [1.807, 2.05) is 13.8 Å². The number of nitrogens with one attached hydrogen (secondary N) is 1. The highest BCUT2D eigenvalue weighted by atomic mass is 16.2. The molecule has 4 nitrogen and oxygen atoms in total. The molecule has 0 radical (unpaired) electrons. The molecule has 0 rings (SSSR count). The minimum atomic E-state index is -0.387. The molecule has 0 saturated heterocycles. The fourth-order valence-corrected chi connectivity index (χ4v) is 1.43. The van der Waals surface area contributed by atoms with E-state index in [9.17, 15) is 4.79 Å². The summed E-state index contributed by atoms with van der Waals surface area (Å²) in [4.78, 5) is 11.6. The predicted molar refractivity (Wildman–Crippen MR) is 66.0 cm³/mol. The Balaban J connectivity index is 3.50. The van der Waals surface area contributed by atoms with Crippen molar-refractivity contribution in [1.29, 1.82) is 0 Å². The molecule has 0 aliphatic carbocycles. The van der Waals surface area contributed by atoms with Crippen LogP contribution < -0.4 is 11.1 Å². The fraction of sp³-hybridized carbons (Fsp3) is 0.917. The Bertz CT molecular complexity index is 186. The van der Waals surface area contributed by atoms with Crippen LogP contribution in [-0.4, -0.2) is 30.2 Å². The third-order valence-corrected chi connectivity index (χ3v) is 2.94. The van der Waals surface area contributed by atoms with Crippen molar-refractivity contribution in [3.63, 3.8) is 0 Å². The van der Waals surface area contributed by atoms with Gasteiger partial charge in [0, 0.05) is 13.2 Å². The van der Waals surface area contributed by atoms with E-state index in [-0.39, 0.29) is 24.5 Å². The summed E-state index contributed by atoms with van der Waals surface area (Å²) >= 11 is 0. The monoisotopic (exact) mass is 230 g/mol. The third kappa shape index (κ3) is 6.80. The molecule has 0 spiro atoms. The van der Waals surface area contributed by atoms with E-state index in [4.69, 9.17) is 10.8 Å². The second-order valence-electron chi connectivity index (χ2n) is 4.34. The van der Waals surface area contributed by atoms with Crippen molar-refractivity contribution in [2.24, 2.45) is 11.7 Å². The van der Waals surface area contributed by atoms with Gasteiger partial charge < -0.3 is 16.2 Å². The van der Waals surface area contributed by atoms with E-state index >= 15 is 0 Å². The van der Waals surface area contributed by atoms with Crippen molar-refractivity contribution in [1.82, 2.24) is 5.32 Å². The van der Waals surface area contributed by atoms with Crippen molar-refractivity contribution in [2.75, 3.05) is 13.2 Å². The molecule has 0 bridgehead atoms.